The Kier molecular flexibility index (Phi) is 3.29. The molecule has 1 aromatic carbocycles. The first-order valence-corrected chi connectivity index (χ1v) is 9.00. The molecule has 3 atom stereocenters. The molecule has 2 heterocycles. The highest BCUT2D eigenvalue weighted by molar-refractivity contribution is 7.84. The highest BCUT2D eigenvalue weighted by Gasteiger charge is 2.54. The molecule has 21 heavy (non-hydrogen) atoms. The van der Waals surface area contributed by atoms with Gasteiger partial charge in [-0.1, -0.05) is 30.3 Å². The standard InChI is InChI=1S/C15H20N2O3S/c18-21(19)17-10-9-16(11-12-5-2-1-3-6-12)13-7-4-8-14(20-21)15(13)17/h1-3,5-6,13-15H,4,7-11H2/t13-,14+,15-/m1/s1. The summed E-state index contributed by atoms with van der Waals surface area (Å²) in [5.74, 6) is 0. The normalized spacial score (nSPS) is 35.5. The molecule has 2 saturated heterocycles. The zero-order valence-electron chi connectivity index (χ0n) is 11.9. The molecule has 0 bridgehead atoms. The SMILES string of the molecule is O=S1(=O)O[C@H]2CCC[C@@H]3[C@H]2N1CCN3Cc1ccccc1. The first-order valence-electron chi connectivity index (χ1n) is 7.63. The quantitative estimate of drug-likeness (QED) is 0.828. The first kappa shape index (κ1) is 13.7. The Morgan fingerprint density at radius 2 is 1.95 bits per heavy atom. The van der Waals surface area contributed by atoms with Crippen molar-refractivity contribution in [3.8, 4) is 0 Å². The smallest absolute Gasteiger partial charge is 0.293 e. The summed E-state index contributed by atoms with van der Waals surface area (Å²) in [6, 6.07) is 10.7. The van der Waals surface area contributed by atoms with Crippen molar-refractivity contribution in [3.05, 3.63) is 35.9 Å². The number of nitrogens with zero attached hydrogens (tertiary/aromatic N) is 2. The van der Waals surface area contributed by atoms with E-state index in [1.807, 2.05) is 6.07 Å². The van der Waals surface area contributed by atoms with Crippen LogP contribution >= 0.6 is 0 Å². The zero-order valence-corrected chi connectivity index (χ0v) is 12.7. The third kappa shape index (κ3) is 2.30. The van der Waals surface area contributed by atoms with Gasteiger partial charge in [-0.15, -0.1) is 0 Å². The molecule has 0 aromatic heterocycles. The Labute approximate surface area is 125 Å². The molecule has 2 aliphatic heterocycles. The minimum atomic E-state index is -3.49. The maximum absolute atomic E-state index is 12.1. The van der Waals surface area contributed by atoms with Gasteiger partial charge in [0, 0.05) is 25.7 Å². The number of hydrogen-bond acceptors (Lipinski definition) is 4. The summed E-state index contributed by atoms with van der Waals surface area (Å²) >= 11 is 0. The molecule has 114 valence electrons. The molecule has 1 saturated carbocycles. The fourth-order valence-electron chi connectivity index (χ4n) is 4.03. The Morgan fingerprint density at radius 1 is 1.14 bits per heavy atom. The van der Waals surface area contributed by atoms with Crippen LogP contribution in [-0.4, -0.2) is 48.9 Å². The molecule has 0 amide bonds. The molecule has 0 radical (unpaired) electrons. The average Bonchev–Trinajstić information content (AvgIpc) is 2.75. The minimum Gasteiger partial charge on any atom is -0.293 e. The first-order chi connectivity index (χ1) is 10.1. The summed E-state index contributed by atoms with van der Waals surface area (Å²) in [5, 5.41) is 0. The maximum atomic E-state index is 12.1. The molecule has 4 rings (SSSR count). The van der Waals surface area contributed by atoms with Crippen molar-refractivity contribution < 1.29 is 12.6 Å². The highest BCUT2D eigenvalue weighted by Crippen LogP contribution is 2.40. The van der Waals surface area contributed by atoms with Crippen molar-refractivity contribution in [3.63, 3.8) is 0 Å². The van der Waals surface area contributed by atoms with Crippen LogP contribution in [0.15, 0.2) is 30.3 Å². The van der Waals surface area contributed by atoms with Gasteiger partial charge in [0.2, 0.25) is 0 Å². The maximum Gasteiger partial charge on any atom is 0.339 e. The topological polar surface area (TPSA) is 49.9 Å². The van der Waals surface area contributed by atoms with Gasteiger partial charge in [0.15, 0.2) is 0 Å². The Hall–Kier alpha value is -0.950. The second-order valence-corrected chi connectivity index (χ2v) is 7.66. The van der Waals surface area contributed by atoms with Crippen molar-refractivity contribution >= 4 is 10.3 Å². The van der Waals surface area contributed by atoms with E-state index in [2.05, 4.69) is 29.2 Å². The second kappa shape index (κ2) is 5.05. The van der Waals surface area contributed by atoms with Crippen LogP contribution < -0.4 is 0 Å². The van der Waals surface area contributed by atoms with Gasteiger partial charge in [-0.25, -0.2) is 0 Å². The van der Waals surface area contributed by atoms with Crippen LogP contribution in [0.4, 0.5) is 0 Å². The summed E-state index contributed by atoms with van der Waals surface area (Å²) in [6.07, 6.45) is 2.81. The minimum absolute atomic E-state index is 0.0150. The lowest BCUT2D eigenvalue weighted by atomic mass is 9.85. The molecule has 3 aliphatic rings. The van der Waals surface area contributed by atoms with E-state index in [0.717, 1.165) is 32.4 Å². The van der Waals surface area contributed by atoms with Crippen LogP contribution in [-0.2, 0) is 21.0 Å². The molecule has 1 aliphatic carbocycles. The molecule has 0 N–H and O–H groups in total. The summed E-state index contributed by atoms with van der Waals surface area (Å²) in [7, 11) is -3.49. The third-order valence-corrected chi connectivity index (χ3v) is 6.42. The predicted octanol–water partition coefficient (Wildman–Crippen LogP) is 1.37. The fourth-order valence-corrected chi connectivity index (χ4v) is 5.54. The van der Waals surface area contributed by atoms with E-state index in [4.69, 9.17) is 4.18 Å². The Bertz CT molecular complexity index is 619. The van der Waals surface area contributed by atoms with Crippen molar-refractivity contribution in [1.82, 2.24) is 9.21 Å². The van der Waals surface area contributed by atoms with Gasteiger partial charge in [0.1, 0.15) is 0 Å². The lowest BCUT2D eigenvalue weighted by Crippen LogP contribution is -2.61. The van der Waals surface area contributed by atoms with E-state index in [-0.39, 0.29) is 18.2 Å². The van der Waals surface area contributed by atoms with Crippen molar-refractivity contribution in [2.75, 3.05) is 13.1 Å². The molecular formula is C15H20N2O3S. The van der Waals surface area contributed by atoms with Gasteiger partial charge in [0.25, 0.3) is 0 Å². The van der Waals surface area contributed by atoms with Gasteiger partial charge in [-0.2, -0.15) is 12.7 Å². The predicted molar refractivity (Wildman–Crippen MR) is 78.8 cm³/mol. The molecule has 1 aromatic rings. The van der Waals surface area contributed by atoms with Crippen LogP contribution in [0.25, 0.3) is 0 Å². The Morgan fingerprint density at radius 3 is 2.76 bits per heavy atom. The van der Waals surface area contributed by atoms with Crippen LogP contribution in [0, 0.1) is 0 Å². The van der Waals surface area contributed by atoms with E-state index in [1.54, 1.807) is 4.31 Å². The van der Waals surface area contributed by atoms with E-state index in [1.165, 1.54) is 5.56 Å². The molecular weight excluding hydrogens is 288 g/mol. The number of rotatable bonds is 2. The van der Waals surface area contributed by atoms with E-state index >= 15 is 0 Å². The third-order valence-electron chi connectivity index (χ3n) is 4.93. The number of piperazine rings is 1. The number of benzene rings is 1. The number of hydrogen-bond donors (Lipinski definition) is 0. The van der Waals surface area contributed by atoms with Crippen LogP contribution in [0.3, 0.4) is 0 Å². The lowest BCUT2D eigenvalue weighted by Gasteiger charge is -2.46. The molecule has 0 spiro atoms. The highest BCUT2D eigenvalue weighted by atomic mass is 32.2. The molecule has 0 unspecified atom stereocenters. The van der Waals surface area contributed by atoms with Crippen molar-refractivity contribution in [2.24, 2.45) is 0 Å². The fraction of sp³-hybridized carbons (Fsp3) is 0.600. The van der Waals surface area contributed by atoms with Gasteiger partial charge in [-0.05, 0) is 24.8 Å². The summed E-state index contributed by atoms with van der Waals surface area (Å²) in [5.41, 5.74) is 1.29. The van der Waals surface area contributed by atoms with Gasteiger partial charge in [0.05, 0.1) is 12.1 Å². The van der Waals surface area contributed by atoms with Crippen LogP contribution in [0.2, 0.25) is 0 Å². The van der Waals surface area contributed by atoms with E-state index < -0.39 is 10.3 Å². The zero-order chi connectivity index (χ0) is 14.4. The van der Waals surface area contributed by atoms with Crippen LogP contribution in [0.1, 0.15) is 24.8 Å². The van der Waals surface area contributed by atoms with E-state index in [0.29, 0.717) is 6.54 Å². The second-order valence-electron chi connectivity index (χ2n) is 6.15. The Balaban J connectivity index is 1.59. The largest absolute Gasteiger partial charge is 0.339 e. The lowest BCUT2D eigenvalue weighted by molar-refractivity contribution is 0.00869. The van der Waals surface area contributed by atoms with Crippen LogP contribution in [0.5, 0.6) is 0 Å². The van der Waals surface area contributed by atoms with Gasteiger partial charge >= 0.3 is 10.3 Å². The van der Waals surface area contributed by atoms with E-state index in [9.17, 15) is 8.42 Å². The van der Waals surface area contributed by atoms with Crippen molar-refractivity contribution in [2.45, 2.75) is 44.0 Å². The molecule has 5 nitrogen and oxygen atoms in total. The summed E-state index contributed by atoms with van der Waals surface area (Å²) < 4.78 is 31.1. The van der Waals surface area contributed by atoms with Crippen molar-refractivity contribution in [1.29, 1.82) is 0 Å². The summed E-state index contributed by atoms with van der Waals surface area (Å²) in [4.78, 5) is 2.44. The average molecular weight is 308 g/mol. The molecule has 6 heteroatoms. The van der Waals surface area contributed by atoms with Gasteiger partial charge in [-0.3, -0.25) is 9.08 Å². The summed E-state index contributed by atoms with van der Waals surface area (Å²) in [6.45, 7) is 2.22. The van der Waals surface area contributed by atoms with Gasteiger partial charge < -0.3 is 0 Å². The molecule has 3 fully saturated rings. The monoisotopic (exact) mass is 308 g/mol.